The van der Waals surface area contributed by atoms with E-state index in [0.29, 0.717) is 19.3 Å². The highest BCUT2D eigenvalue weighted by Crippen LogP contribution is 2.38. The van der Waals surface area contributed by atoms with Crippen molar-refractivity contribution in [2.75, 3.05) is 7.05 Å². The zero-order valence-electron chi connectivity index (χ0n) is 14.6. The predicted octanol–water partition coefficient (Wildman–Crippen LogP) is 2.62. The molecule has 0 saturated heterocycles. The molecule has 2 heterocycles. The molecule has 0 aliphatic heterocycles. The van der Waals surface area contributed by atoms with E-state index < -0.39 is 0 Å². The second-order valence-electron chi connectivity index (χ2n) is 6.87. The van der Waals surface area contributed by atoms with Crippen molar-refractivity contribution in [3.05, 3.63) is 64.9 Å². The quantitative estimate of drug-likeness (QED) is 0.678. The summed E-state index contributed by atoms with van der Waals surface area (Å²) in [5.74, 6) is 0.674. The Morgan fingerprint density at radius 3 is 2.81 bits per heavy atom. The number of halogens is 1. The van der Waals surface area contributed by atoms with Gasteiger partial charge in [-0.3, -0.25) is 9.55 Å². The molecule has 3 aromatic rings. The minimum atomic E-state index is -0.205. The van der Waals surface area contributed by atoms with E-state index >= 15 is 0 Å². The first-order valence-electron chi connectivity index (χ1n) is 8.77. The average molecular weight is 370 g/mol. The Morgan fingerprint density at radius 1 is 1.27 bits per heavy atom. The summed E-state index contributed by atoms with van der Waals surface area (Å²) >= 11 is 5.70. The number of nitrogens with zero attached hydrogens (tertiary/aromatic N) is 4. The van der Waals surface area contributed by atoms with Crippen molar-refractivity contribution in [1.29, 1.82) is 0 Å². The number of quaternary nitrogens is 1. The largest absolute Gasteiger partial charge is 0.315 e. The van der Waals surface area contributed by atoms with Crippen LogP contribution in [0.15, 0.2) is 48.8 Å². The van der Waals surface area contributed by atoms with Gasteiger partial charge in [-0.25, -0.2) is 4.39 Å². The molecule has 1 atom stereocenters. The molecule has 1 aliphatic rings. The Hall–Kier alpha value is -2.38. The van der Waals surface area contributed by atoms with E-state index in [1.165, 1.54) is 11.0 Å². The minimum Gasteiger partial charge on any atom is -0.315 e. The van der Waals surface area contributed by atoms with Gasteiger partial charge < -0.3 is 4.90 Å². The van der Waals surface area contributed by atoms with Gasteiger partial charge in [0.2, 0.25) is 4.77 Å². The number of benzene rings is 1. The maximum atomic E-state index is 13.4. The summed E-state index contributed by atoms with van der Waals surface area (Å²) in [6, 6.07) is 11.1. The number of rotatable bonds is 6. The lowest BCUT2D eigenvalue weighted by atomic mass is 10.2. The van der Waals surface area contributed by atoms with Gasteiger partial charge in [-0.15, -0.1) is 5.10 Å². The maximum absolute atomic E-state index is 13.4. The monoisotopic (exact) mass is 370 g/mol. The molecule has 4 rings (SSSR count). The van der Waals surface area contributed by atoms with Crippen LogP contribution in [0.2, 0.25) is 0 Å². The molecular weight excluding hydrogens is 349 g/mol. The van der Waals surface area contributed by atoms with Crippen molar-refractivity contribution in [2.24, 2.45) is 0 Å². The van der Waals surface area contributed by atoms with E-state index in [2.05, 4.69) is 16.6 Å². The van der Waals surface area contributed by atoms with Crippen molar-refractivity contribution >= 4 is 12.2 Å². The molecule has 5 nitrogen and oxygen atoms in total. The highest BCUT2D eigenvalue weighted by atomic mass is 32.1. The van der Waals surface area contributed by atoms with Gasteiger partial charge in [0, 0.05) is 29.6 Å². The van der Waals surface area contributed by atoms with E-state index in [4.69, 9.17) is 17.3 Å². The molecule has 1 aromatic carbocycles. The lowest BCUT2D eigenvalue weighted by molar-refractivity contribution is -0.917. The molecule has 0 spiro atoms. The van der Waals surface area contributed by atoms with Gasteiger partial charge in [0.05, 0.1) is 7.05 Å². The van der Waals surface area contributed by atoms with Gasteiger partial charge in [-0.2, -0.15) is 4.68 Å². The third kappa shape index (κ3) is 3.59. The number of aromatic nitrogens is 4. The first kappa shape index (κ1) is 17.1. The smallest absolute Gasteiger partial charge is 0.203 e. The lowest BCUT2D eigenvalue weighted by Gasteiger charge is -2.13. The zero-order valence-corrected chi connectivity index (χ0v) is 15.4. The van der Waals surface area contributed by atoms with Gasteiger partial charge in [0.1, 0.15) is 12.4 Å². The molecule has 1 aliphatic carbocycles. The first-order chi connectivity index (χ1) is 12.6. The summed E-state index contributed by atoms with van der Waals surface area (Å²) in [5.41, 5.74) is 1.94. The van der Waals surface area contributed by atoms with E-state index in [0.717, 1.165) is 34.6 Å². The van der Waals surface area contributed by atoms with E-state index in [-0.39, 0.29) is 5.82 Å². The van der Waals surface area contributed by atoms with Crippen LogP contribution in [0.25, 0.3) is 11.4 Å². The second-order valence-corrected chi connectivity index (χ2v) is 7.24. The Labute approximate surface area is 156 Å². The summed E-state index contributed by atoms with van der Waals surface area (Å²) in [7, 11) is 2.06. The molecule has 7 heteroatoms. The fourth-order valence-electron chi connectivity index (χ4n) is 3.18. The average Bonchev–Trinajstić information content (AvgIpc) is 3.41. The molecular formula is C19H21FN5S+. The highest BCUT2D eigenvalue weighted by Gasteiger charge is 2.29. The van der Waals surface area contributed by atoms with Crippen molar-refractivity contribution in [3.63, 3.8) is 0 Å². The highest BCUT2D eigenvalue weighted by molar-refractivity contribution is 7.71. The Balaban J connectivity index is 1.60. The van der Waals surface area contributed by atoms with E-state index in [9.17, 15) is 4.39 Å². The first-order valence-corrected chi connectivity index (χ1v) is 9.18. The van der Waals surface area contributed by atoms with Crippen LogP contribution in [-0.2, 0) is 13.2 Å². The van der Waals surface area contributed by atoms with Crippen LogP contribution < -0.4 is 4.90 Å². The van der Waals surface area contributed by atoms with Crippen molar-refractivity contribution in [2.45, 2.75) is 32.1 Å². The summed E-state index contributed by atoms with van der Waals surface area (Å²) in [6.07, 6.45) is 5.86. The molecule has 1 unspecified atom stereocenters. The fourth-order valence-corrected chi connectivity index (χ4v) is 3.52. The third-order valence-corrected chi connectivity index (χ3v) is 4.92. The zero-order chi connectivity index (χ0) is 18.1. The molecule has 2 aromatic heterocycles. The number of pyridine rings is 1. The van der Waals surface area contributed by atoms with Crippen LogP contribution in [-0.4, -0.2) is 26.4 Å². The molecule has 1 N–H and O–H groups in total. The number of hydrogen-bond donors (Lipinski definition) is 1. The summed E-state index contributed by atoms with van der Waals surface area (Å²) < 4.78 is 18.2. The van der Waals surface area contributed by atoms with E-state index in [1.54, 1.807) is 18.3 Å². The SMILES string of the molecule is C[NH+](Cc1cccc(F)c1)Cn1nc(-c2cccnc2)n(C2CC2)c1=S. The molecule has 1 saturated carbocycles. The Kier molecular flexibility index (Phi) is 4.65. The topological polar surface area (TPSA) is 40.1 Å². The number of nitrogens with one attached hydrogen (secondary N) is 1. The van der Waals surface area contributed by atoms with Crippen molar-refractivity contribution < 1.29 is 9.29 Å². The van der Waals surface area contributed by atoms with Crippen LogP contribution >= 0.6 is 12.2 Å². The lowest BCUT2D eigenvalue weighted by Crippen LogP contribution is -3.07. The van der Waals surface area contributed by atoms with Gasteiger partial charge in [-0.1, -0.05) is 12.1 Å². The molecule has 0 radical (unpaired) electrons. The van der Waals surface area contributed by atoms with Crippen LogP contribution in [0.5, 0.6) is 0 Å². The standard InChI is InChI=1S/C19H20FN5S/c1-23(12-14-4-2-6-16(20)10-14)13-24-19(26)25(17-7-8-17)18(22-24)15-5-3-9-21-11-15/h2-6,9-11,17H,7-8,12-13H2,1H3/p+1. The third-order valence-electron chi connectivity index (χ3n) is 4.52. The fraction of sp³-hybridized carbons (Fsp3) is 0.316. The molecule has 26 heavy (non-hydrogen) atoms. The minimum absolute atomic E-state index is 0.205. The van der Waals surface area contributed by atoms with Crippen molar-refractivity contribution in [3.8, 4) is 11.4 Å². The summed E-state index contributed by atoms with van der Waals surface area (Å²) in [5, 5.41) is 4.78. The maximum Gasteiger partial charge on any atom is 0.203 e. The van der Waals surface area contributed by atoms with Crippen molar-refractivity contribution in [1.82, 2.24) is 19.3 Å². The van der Waals surface area contributed by atoms with Gasteiger partial charge in [-0.05, 0) is 49.3 Å². The van der Waals surface area contributed by atoms with Crippen LogP contribution in [0.3, 0.4) is 0 Å². The molecule has 134 valence electrons. The van der Waals surface area contributed by atoms with Crippen LogP contribution in [0.1, 0.15) is 24.4 Å². The summed E-state index contributed by atoms with van der Waals surface area (Å²) in [4.78, 5) is 5.39. The van der Waals surface area contributed by atoms with Crippen LogP contribution in [0, 0.1) is 10.6 Å². The van der Waals surface area contributed by atoms with Gasteiger partial charge >= 0.3 is 0 Å². The molecule has 0 amide bonds. The molecule has 0 bridgehead atoms. The Morgan fingerprint density at radius 2 is 2.12 bits per heavy atom. The Bertz CT molecular complexity index is 962. The van der Waals surface area contributed by atoms with Gasteiger partial charge in [0.15, 0.2) is 12.5 Å². The van der Waals surface area contributed by atoms with E-state index in [1.807, 2.05) is 29.1 Å². The molecule has 1 fully saturated rings. The predicted molar refractivity (Wildman–Crippen MR) is 99.5 cm³/mol. The number of hydrogen-bond acceptors (Lipinski definition) is 3. The second kappa shape index (κ2) is 7.09. The van der Waals surface area contributed by atoms with Gasteiger partial charge in [0.25, 0.3) is 0 Å². The normalized spacial score (nSPS) is 15.2. The summed E-state index contributed by atoms with van der Waals surface area (Å²) in [6.45, 7) is 1.33. The van der Waals surface area contributed by atoms with Crippen LogP contribution in [0.4, 0.5) is 4.39 Å².